The highest BCUT2D eigenvalue weighted by atomic mass is 16.1. The number of amides is 1. The number of carbonyl (C=O) groups is 1. The Kier molecular flexibility index (Phi) is 4.98. The minimum absolute atomic E-state index is 0.00777. The van der Waals surface area contributed by atoms with Crippen molar-refractivity contribution in [1.29, 1.82) is 0 Å². The van der Waals surface area contributed by atoms with Crippen LogP contribution in [0.25, 0.3) is 0 Å². The van der Waals surface area contributed by atoms with Crippen molar-refractivity contribution in [3.8, 4) is 0 Å². The Morgan fingerprint density at radius 2 is 2.44 bits per heavy atom. The van der Waals surface area contributed by atoms with Crippen LogP contribution in [0.15, 0.2) is 12.3 Å². The first-order chi connectivity index (χ1) is 7.61. The standard InChI is InChI=1S/C11H20N4O/c1-3-4-9(12)7-11(16)13-8-10-5-6-15(2)14-10/h5-6,9H,3-4,7-8,12H2,1-2H3,(H,13,16). The molecule has 16 heavy (non-hydrogen) atoms. The van der Waals surface area contributed by atoms with Gasteiger partial charge in [0.1, 0.15) is 0 Å². The van der Waals surface area contributed by atoms with Crippen LogP contribution in [0.2, 0.25) is 0 Å². The summed E-state index contributed by atoms with van der Waals surface area (Å²) in [7, 11) is 1.85. The number of nitrogens with two attached hydrogens (primary N) is 1. The van der Waals surface area contributed by atoms with Crippen LogP contribution in [0.3, 0.4) is 0 Å². The number of aryl methyl sites for hydroxylation is 1. The predicted octanol–water partition coefficient (Wildman–Crippen LogP) is 0.554. The summed E-state index contributed by atoms with van der Waals surface area (Å²) in [5, 5.41) is 6.98. The number of hydrogen-bond donors (Lipinski definition) is 2. The van der Waals surface area contributed by atoms with Gasteiger partial charge >= 0.3 is 0 Å². The van der Waals surface area contributed by atoms with E-state index in [-0.39, 0.29) is 11.9 Å². The summed E-state index contributed by atoms with van der Waals surface area (Å²) in [6, 6.07) is 1.85. The minimum atomic E-state index is -0.0336. The Balaban J connectivity index is 2.25. The van der Waals surface area contributed by atoms with Crippen molar-refractivity contribution in [3.63, 3.8) is 0 Å². The second-order valence-electron chi connectivity index (χ2n) is 4.01. The molecule has 0 saturated carbocycles. The monoisotopic (exact) mass is 224 g/mol. The SMILES string of the molecule is CCCC(N)CC(=O)NCc1ccn(C)n1. The highest BCUT2D eigenvalue weighted by Crippen LogP contribution is 1.99. The molecule has 0 bridgehead atoms. The molecule has 0 aromatic carbocycles. The average Bonchev–Trinajstić information content (AvgIpc) is 2.61. The average molecular weight is 224 g/mol. The molecule has 1 aromatic heterocycles. The van der Waals surface area contributed by atoms with Crippen molar-refractivity contribution in [2.45, 2.75) is 38.8 Å². The fourth-order valence-corrected chi connectivity index (χ4v) is 1.53. The zero-order valence-corrected chi connectivity index (χ0v) is 9.94. The van der Waals surface area contributed by atoms with Crippen molar-refractivity contribution >= 4 is 5.91 Å². The summed E-state index contributed by atoms with van der Waals surface area (Å²) in [4.78, 5) is 11.5. The van der Waals surface area contributed by atoms with Crippen molar-refractivity contribution in [2.24, 2.45) is 12.8 Å². The van der Waals surface area contributed by atoms with E-state index in [1.54, 1.807) is 4.68 Å². The molecule has 0 aliphatic carbocycles. The van der Waals surface area contributed by atoms with Crippen LogP contribution in [0.5, 0.6) is 0 Å². The Labute approximate surface area is 96.0 Å². The van der Waals surface area contributed by atoms with Crippen molar-refractivity contribution < 1.29 is 4.79 Å². The van der Waals surface area contributed by atoms with Gasteiger partial charge in [-0.15, -0.1) is 0 Å². The summed E-state index contributed by atoms with van der Waals surface area (Å²) in [5.41, 5.74) is 6.64. The van der Waals surface area contributed by atoms with E-state index in [1.807, 2.05) is 19.3 Å². The molecule has 0 aliphatic rings. The first-order valence-electron chi connectivity index (χ1n) is 5.62. The maximum atomic E-state index is 11.5. The van der Waals surface area contributed by atoms with Crippen LogP contribution >= 0.6 is 0 Å². The lowest BCUT2D eigenvalue weighted by Crippen LogP contribution is -2.31. The third kappa shape index (κ3) is 4.44. The van der Waals surface area contributed by atoms with Gasteiger partial charge in [0, 0.05) is 25.7 Å². The Bertz CT molecular complexity index is 334. The minimum Gasteiger partial charge on any atom is -0.350 e. The number of rotatable bonds is 6. The van der Waals surface area contributed by atoms with E-state index in [2.05, 4.69) is 17.3 Å². The van der Waals surface area contributed by atoms with Gasteiger partial charge in [-0.3, -0.25) is 9.48 Å². The first kappa shape index (κ1) is 12.7. The molecule has 90 valence electrons. The molecule has 0 spiro atoms. The molecule has 1 rings (SSSR count). The van der Waals surface area contributed by atoms with E-state index >= 15 is 0 Å². The summed E-state index contributed by atoms with van der Waals surface area (Å²) in [6.45, 7) is 2.53. The highest BCUT2D eigenvalue weighted by molar-refractivity contribution is 5.76. The third-order valence-corrected chi connectivity index (χ3v) is 2.34. The molecule has 1 amide bonds. The molecule has 0 aliphatic heterocycles. The Hall–Kier alpha value is -1.36. The van der Waals surface area contributed by atoms with Gasteiger partial charge in [-0.2, -0.15) is 5.10 Å². The normalized spacial score (nSPS) is 12.4. The molecule has 5 nitrogen and oxygen atoms in total. The van der Waals surface area contributed by atoms with Crippen LogP contribution < -0.4 is 11.1 Å². The van der Waals surface area contributed by atoms with Crippen molar-refractivity contribution in [1.82, 2.24) is 15.1 Å². The Morgan fingerprint density at radius 1 is 1.69 bits per heavy atom. The quantitative estimate of drug-likeness (QED) is 0.741. The molecular formula is C11H20N4O. The van der Waals surface area contributed by atoms with Gasteiger partial charge in [0.15, 0.2) is 0 Å². The molecule has 0 radical (unpaired) electrons. The number of nitrogens with one attached hydrogen (secondary N) is 1. The topological polar surface area (TPSA) is 72.9 Å². The molecule has 1 aromatic rings. The van der Waals surface area contributed by atoms with Crippen molar-refractivity contribution in [3.05, 3.63) is 18.0 Å². The molecule has 3 N–H and O–H groups in total. The number of nitrogens with zero attached hydrogens (tertiary/aromatic N) is 2. The van der Waals surface area contributed by atoms with Gasteiger partial charge in [0.05, 0.1) is 12.2 Å². The molecule has 1 unspecified atom stereocenters. The van der Waals surface area contributed by atoms with Crippen LogP contribution in [0.4, 0.5) is 0 Å². The van der Waals surface area contributed by atoms with E-state index in [0.29, 0.717) is 13.0 Å². The van der Waals surface area contributed by atoms with Crippen LogP contribution in [0.1, 0.15) is 31.9 Å². The molecule has 5 heteroatoms. The summed E-state index contributed by atoms with van der Waals surface area (Å²) < 4.78 is 1.71. The second-order valence-corrected chi connectivity index (χ2v) is 4.01. The van der Waals surface area contributed by atoms with Crippen LogP contribution in [-0.2, 0) is 18.4 Å². The second kappa shape index (κ2) is 6.27. The van der Waals surface area contributed by atoms with Gasteiger partial charge in [-0.25, -0.2) is 0 Å². The van der Waals surface area contributed by atoms with Gasteiger partial charge in [-0.1, -0.05) is 13.3 Å². The number of aromatic nitrogens is 2. The lowest BCUT2D eigenvalue weighted by Gasteiger charge is -2.09. The van der Waals surface area contributed by atoms with Crippen molar-refractivity contribution in [2.75, 3.05) is 0 Å². The summed E-state index contributed by atoms with van der Waals surface area (Å²) >= 11 is 0. The van der Waals surface area contributed by atoms with Gasteiger partial charge in [0.2, 0.25) is 5.91 Å². The lowest BCUT2D eigenvalue weighted by molar-refractivity contribution is -0.121. The molecule has 0 saturated heterocycles. The summed E-state index contributed by atoms with van der Waals surface area (Å²) in [5.74, 6) is -0.00777. The van der Waals surface area contributed by atoms with E-state index < -0.39 is 0 Å². The van der Waals surface area contributed by atoms with E-state index in [4.69, 9.17) is 5.73 Å². The van der Waals surface area contributed by atoms with E-state index in [0.717, 1.165) is 18.5 Å². The first-order valence-corrected chi connectivity index (χ1v) is 5.62. The zero-order chi connectivity index (χ0) is 12.0. The fourth-order valence-electron chi connectivity index (χ4n) is 1.53. The maximum absolute atomic E-state index is 11.5. The lowest BCUT2D eigenvalue weighted by atomic mass is 10.1. The maximum Gasteiger partial charge on any atom is 0.221 e. The fraction of sp³-hybridized carbons (Fsp3) is 0.636. The Morgan fingerprint density at radius 3 is 3.00 bits per heavy atom. The number of carbonyl (C=O) groups excluding carboxylic acids is 1. The van der Waals surface area contributed by atoms with Crippen LogP contribution in [-0.4, -0.2) is 21.7 Å². The summed E-state index contributed by atoms with van der Waals surface area (Å²) in [6.07, 6.45) is 4.14. The van der Waals surface area contributed by atoms with Crippen LogP contribution in [0, 0.1) is 0 Å². The van der Waals surface area contributed by atoms with Gasteiger partial charge in [-0.05, 0) is 12.5 Å². The van der Waals surface area contributed by atoms with Gasteiger partial charge in [0.25, 0.3) is 0 Å². The molecular weight excluding hydrogens is 204 g/mol. The van der Waals surface area contributed by atoms with E-state index in [9.17, 15) is 4.79 Å². The predicted molar refractivity (Wildman–Crippen MR) is 62.6 cm³/mol. The highest BCUT2D eigenvalue weighted by Gasteiger charge is 2.08. The smallest absolute Gasteiger partial charge is 0.221 e. The zero-order valence-electron chi connectivity index (χ0n) is 9.94. The molecule has 0 fully saturated rings. The third-order valence-electron chi connectivity index (χ3n) is 2.34. The van der Waals surface area contributed by atoms with Gasteiger partial charge < -0.3 is 11.1 Å². The number of hydrogen-bond acceptors (Lipinski definition) is 3. The molecule has 1 atom stereocenters. The molecule has 1 heterocycles. The largest absolute Gasteiger partial charge is 0.350 e. The van der Waals surface area contributed by atoms with E-state index in [1.165, 1.54) is 0 Å².